The van der Waals surface area contributed by atoms with Gasteiger partial charge in [0.15, 0.2) is 0 Å². The highest BCUT2D eigenvalue weighted by molar-refractivity contribution is 5.13. The van der Waals surface area contributed by atoms with E-state index >= 15 is 0 Å². The highest BCUT2D eigenvalue weighted by Crippen LogP contribution is 2.45. The van der Waals surface area contributed by atoms with Crippen LogP contribution < -0.4 is 0 Å². The van der Waals surface area contributed by atoms with Crippen molar-refractivity contribution in [3.05, 3.63) is 60.7 Å². The third-order valence-corrected chi connectivity index (χ3v) is 9.15. The van der Waals surface area contributed by atoms with Gasteiger partial charge in [0.1, 0.15) is 0 Å². The number of benzene rings is 1. The molecule has 3 rings (SSSR count). The Kier molecular flexibility index (Phi) is 11.3. The van der Waals surface area contributed by atoms with Crippen molar-refractivity contribution in [2.75, 3.05) is 6.61 Å². The van der Waals surface area contributed by atoms with Gasteiger partial charge in [0.05, 0.1) is 13.2 Å². The quantitative estimate of drug-likeness (QED) is 0.215. The van der Waals surface area contributed by atoms with Crippen molar-refractivity contribution in [2.24, 2.45) is 35.5 Å². The first-order chi connectivity index (χ1) is 16.1. The fourth-order valence-corrected chi connectivity index (χ4v) is 6.81. The van der Waals surface area contributed by atoms with E-state index in [1.807, 2.05) is 0 Å². The van der Waals surface area contributed by atoms with Crippen molar-refractivity contribution in [3.63, 3.8) is 0 Å². The van der Waals surface area contributed by atoms with E-state index in [-0.39, 0.29) is 0 Å². The summed E-state index contributed by atoms with van der Waals surface area (Å²) >= 11 is 0. The highest BCUT2D eigenvalue weighted by Gasteiger charge is 2.33. The van der Waals surface area contributed by atoms with Crippen LogP contribution in [0.3, 0.4) is 0 Å². The van der Waals surface area contributed by atoms with Gasteiger partial charge in [0.25, 0.3) is 0 Å². The third kappa shape index (κ3) is 8.43. The van der Waals surface area contributed by atoms with Crippen molar-refractivity contribution >= 4 is 0 Å². The SMILES string of the molecule is C=CCC1CCC(C(C)C2CCC(C(CC)CC(=C)CCOCc3ccccc3)CC2)CC1. The second-order valence-corrected chi connectivity index (χ2v) is 11.2. The van der Waals surface area contributed by atoms with E-state index in [4.69, 9.17) is 4.74 Å². The van der Waals surface area contributed by atoms with Crippen molar-refractivity contribution < 1.29 is 4.74 Å². The first-order valence-corrected chi connectivity index (χ1v) is 14.0. The topological polar surface area (TPSA) is 9.23 Å². The Balaban J connectivity index is 1.34. The minimum atomic E-state index is 0.712. The maximum Gasteiger partial charge on any atom is 0.0717 e. The van der Waals surface area contributed by atoms with E-state index in [0.29, 0.717) is 6.61 Å². The molecule has 2 saturated carbocycles. The van der Waals surface area contributed by atoms with Gasteiger partial charge in [-0.25, -0.2) is 0 Å². The smallest absolute Gasteiger partial charge is 0.0717 e. The fraction of sp³-hybridized carbons (Fsp3) is 0.688. The van der Waals surface area contributed by atoms with Crippen LogP contribution in [-0.4, -0.2) is 6.61 Å². The van der Waals surface area contributed by atoms with Gasteiger partial charge in [-0.1, -0.05) is 68.8 Å². The van der Waals surface area contributed by atoms with Crippen LogP contribution in [0.1, 0.15) is 96.5 Å². The van der Waals surface area contributed by atoms with Crippen LogP contribution in [0.5, 0.6) is 0 Å². The number of hydrogen-bond acceptors (Lipinski definition) is 1. The van der Waals surface area contributed by atoms with Gasteiger partial charge < -0.3 is 4.74 Å². The number of rotatable bonds is 13. The predicted molar refractivity (Wildman–Crippen MR) is 143 cm³/mol. The van der Waals surface area contributed by atoms with E-state index in [9.17, 15) is 0 Å². The molecule has 2 fully saturated rings. The van der Waals surface area contributed by atoms with E-state index in [1.165, 1.54) is 81.8 Å². The molecule has 1 heteroatoms. The molecule has 2 aliphatic carbocycles. The number of hydrogen-bond donors (Lipinski definition) is 0. The van der Waals surface area contributed by atoms with E-state index < -0.39 is 0 Å². The summed E-state index contributed by atoms with van der Waals surface area (Å²) in [6, 6.07) is 10.5. The second-order valence-electron chi connectivity index (χ2n) is 11.2. The fourth-order valence-electron chi connectivity index (χ4n) is 6.81. The molecule has 1 nitrogen and oxygen atoms in total. The van der Waals surface area contributed by atoms with Gasteiger partial charge in [0, 0.05) is 0 Å². The molecule has 2 atom stereocenters. The molecule has 33 heavy (non-hydrogen) atoms. The summed E-state index contributed by atoms with van der Waals surface area (Å²) in [5.74, 6) is 5.51. The molecule has 2 unspecified atom stereocenters. The Morgan fingerprint density at radius 1 is 0.970 bits per heavy atom. The molecule has 1 aromatic carbocycles. The molecule has 0 aromatic heterocycles. The Labute approximate surface area is 205 Å². The van der Waals surface area contributed by atoms with Gasteiger partial charge in [-0.3, -0.25) is 0 Å². The molecule has 0 N–H and O–H groups in total. The molecular formula is C32H50O. The van der Waals surface area contributed by atoms with E-state index in [1.54, 1.807) is 0 Å². The molecule has 0 aliphatic heterocycles. The van der Waals surface area contributed by atoms with Crippen LogP contribution in [0, 0.1) is 35.5 Å². The summed E-state index contributed by atoms with van der Waals surface area (Å²) in [6.07, 6.45) is 18.5. The highest BCUT2D eigenvalue weighted by atomic mass is 16.5. The average Bonchev–Trinajstić information content (AvgIpc) is 2.86. The van der Waals surface area contributed by atoms with Gasteiger partial charge in [-0.15, -0.1) is 6.58 Å². The Bertz CT molecular complexity index is 676. The zero-order valence-corrected chi connectivity index (χ0v) is 21.7. The summed E-state index contributed by atoms with van der Waals surface area (Å²) in [7, 11) is 0. The summed E-state index contributed by atoms with van der Waals surface area (Å²) in [6.45, 7) is 14.8. The lowest BCUT2D eigenvalue weighted by atomic mass is 9.65. The van der Waals surface area contributed by atoms with Crippen LogP contribution in [-0.2, 0) is 11.3 Å². The second kappa shape index (κ2) is 14.1. The molecule has 0 radical (unpaired) electrons. The molecule has 0 spiro atoms. The molecule has 0 bridgehead atoms. The average molecular weight is 451 g/mol. The van der Waals surface area contributed by atoms with Crippen molar-refractivity contribution in [1.29, 1.82) is 0 Å². The first-order valence-electron chi connectivity index (χ1n) is 14.0. The molecule has 1 aromatic rings. The molecule has 0 heterocycles. The number of allylic oxidation sites excluding steroid dienone is 1. The van der Waals surface area contributed by atoms with Crippen LogP contribution >= 0.6 is 0 Å². The molecule has 0 amide bonds. The van der Waals surface area contributed by atoms with Crippen LogP contribution in [0.2, 0.25) is 0 Å². The molecular weight excluding hydrogens is 400 g/mol. The minimum absolute atomic E-state index is 0.712. The molecule has 184 valence electrons. The Morgan fingerprint density at radius 2 is 1.58 bits per heavy atom. The van der Waals surface area contributed by atoms with Gasteiger partial charge in [0.2, 0.25) is 0 Å². The van der Waals surface area contributed by atoms with Crippen molar-refractivity contribution in [2.45, 2.75) is 97.5 Å². The predicted octanol–water partition coefficient (Wildman–Crippen LogP) is 9.39. The maximum absolute atomic E-state index is 5.90. The Morgan fingerprint density at radius 3 is 2.18 bits per heavy atom. The summed E-state index contributed by atoms with van der Waals surface area (Å²) in [4.78, 5) is 0. The maximum atomic E-state index is 5.90. The monoisotopic (exact) mass is 450 g/mol. The summed E-state index contributed by atoms with van der Waals surface area (Å²) < 4.78 is 5.90. The minimum Gasteiger partial charge on any atom is -0.376 e. The largest absolute Gasteiger partial charge is 0.376 e. The van der Waals surface area contributed by atoms with Crippen molar-refractivity contribution in [1.82, 2.24) is 0 Å². The van der Waals surface area contributed by atoms with Gasteiger partial charge in [-0.05, 0) is 112 Å². The molecule has 0 saturated heterocycles. The first kappa shape index (κ1) is 26.3. The zero-order valence-electron chi connectivity index (χ0n) is 21.7. The molecule has 2 aliphatic rings. The van der Waals surface area contributed by atoms with Crippen LogP contribution in [0.15, 0.2) is 55.1 Å². The standard InChI is InChI=1S/C32H50O/c1-5-10-27-13-15-30(16-14-27)26(4)31-17-19-32(20-18-31)29(6-2)23-25(3)21-22-33-24-28-11-8-7-9-12-28/h5,7-9,11-12,26-27,29-32H,1,3,6,10,13-24H2,2,4H3. The zero-order chi connectivity index (χ0) is 23.5. The van der Waals surface area contributed by atoms with Crippen LogP contribution in [0.25, 0.3) is 0 Å². The normalized spacial score (nSPS) is 27.6. The Hall–Kier alpha value is -1.34. The third-order valence-electron chi connectivity index (χ3n) is 9.15. The lowest BCUT2D eigenvalue weighted by molar-refractivity contribution is 0.106. The van der Waals surface area contributed by atoms with Gasteiger partial charge in [-0.2, -0.15) is 0 Å². The lowest BCUT2D eigenvalue weighted by Crippen LogP contribution is -2.30. The summed E-state index contributed by atoms with van der Waals surface area (Å²) in [5, 5.41) is 0. The lowest BCUT2D eigenvalue weighted by Gasteiger charge is -2.40. The van der Waals surface area contributed by atoms with Crippen molar-refractivity contribution in [3.8, 4) is 0 Å². The van der Waals surface area contributed by atoms with Crippen LogP contribution in [0.4, 0.5) is 0 Å². The van der Waals surface area contributed by atoms with Gasteiger partial charge >= 0.3 is 0 Å². The summed E-state index contributed by atoms with van der Waals surface area (Å²) in [5.41, 5.74) is 2.65. The van der Waals surface area contributed by atoms with E-state index in [2.05, 4.69) is 63.4 Å². The van der Waals surface area contributed by atoms with E-state index in [0.717, 1.165) is 48.5 Å². The number of ether oxygens (including phenoxy) is 1.